The molecule has 0 bridgehead atoms. The molecule has 2 aliphatic heterocycles. The maximum absolute atomic E-state index is 12.8. The first kappa shape index (κ1) is 21.4. The van der Waals surface area contributed by atoms with Crippen LogP contribution in [0.15, 0.2) is 24.5 Å². The highest BCUT2D eigenvalue weighted by Crippen LogP contribution is 2.22. The quantitative estimate of drug-likeness (QED) is 0.701. The Balaban J connectivity index is 0.00000261. The summed E-state index contributed by atoms with van der Waals surface area (Å²) in [5, 5.41) is 0. The summed E-state index contributed by atoms with van der Waals surface area (Å²) in [4.78, 5) is 34.7. The van der Waals surface area contributed by atoms with E-state index in [-0.39, 0.29) is 24.3 Å². The number of likely N-dealkylation sites (tertiary alicyclic amines) is 1. The number of halogens is 1. The number of piperidine rings is 1. The molecule has 0 N–H and O–H groups in total. The number of esters is 1. The smallest absolute Gasteiger partial charge is 0.306 e. The van der Waals surface area contributed by atoms with Crippen LogP contribution < -0.4 is 4.90 Å². The second-order valence-electron chi connectivity index (χ2n) is 6.96. The molecule has 7 nitrogen and oxygen atoms in total. The minimum Gasteiger partial charge on any atom is -0.469 e. The summed E-state index contributed by atoms with van der Waals surface area (Å²) >= 11 is 0. The highest BCUT2D eigenvalue weighted by molar-refractivity contribution is 5.85. The van der Waals surface area contributed by atoms with Gasteiger partial charge in [-0.05, 0) is 38.1 Å². The number of carbonyl (C=O) groups is 2. The number of carbonyl (C=O) groups excluding carboxylic acids is 2. The van der Waals surface area contributed by atoms with Crippen molar-refractivity contribution < 1.29 is 14.3 Å². The zero-order chi connectivity index (χ0) is 18.4. The Hall–Kier alpha value is -1.86. The van der Waals surface area contributed by atoms with Crippen LogP contribution in [0, 0.1) is 5.92 Å². The number of methoxy groups -OCH3 is 1. The predicted molar refractivity (Wildman–Crippen MR) is 106 cm³/mol. The molecular weight excluding hydrogens is 368 g/mol. The van der Waals surface area contributed by atoms with Crippen LogP contribution in [0.1, 0.15) is 19.3 Å². The van der Waals surface area contributed by atoms with Crippen molar-refractivity contribution in [3.05, 3.63) is 24.5 Å². The Labute approximate surface area is 167 Å². The molecule has 0 unspecified atom stereocenters. The molecule has 8 heteroatoms. The largest absolute Gasteiger partial charge is 0.469 e. The Kier molecular flexibility index (Phi) is 8.31. The van der Waals surface area contributed by atoms with E-state index < -0.39 is 0 Å². The Morgan fingerprint density at radius 1 is 1.07 bits per heavy atom. The monoisotopic (exact) mass is 396 g/mol. The van der Waals surface area contributed by atoms with Crippen molar-refractivity contribution in [2.24, 2.45) is 5.92 Å². The molecule has 27 heavy (non-hydrogen) atoms. The van der Waals surface area contributed by atoms with Gasteiger partial charge in [0.05, 0.1) is 13.5 Å². The highest BCUT2D eigenvalue weighted by Gasteiger charge is 2.30. The zero-order valence-electron chi connectivity index (χ0n) is 15.9. The standard InChI is InChI=1S/C19H28N4O3.ClH/c1-26-18(24)6-11-21-9-4-16(5-10-21)19(25)23-14-12-22(13-15-23)17-2-7-20-8-3-17;/h2-3,7-8,16H,4-6,9-15H2,1H3;1H. The summed E-state index contributed by atoms with van der Waals surface area (Å²) in [5.41, 5.74) is 1.17. The molecule has 1 aromatic heterocycles. The van der Waals surface area contributed by atoms with Crippen LogP contribution in [-0.2, 0) is 14.3 Å². The molecule has 2 saturated heterocycles. The zero-order valence-corrected chi connectivity index (χ0v) is 16.7. The molecule has 1 amide bonds. The molecule has 3 rings (SSSR count). The van der Waals surface area contributed by atoms with E-state index in [1.807, 2.05) is 17.0 Å². The third kappa shape index (κ3) is 5.81. The average Bonchev–Trinajstić information content (AvgIpc) is 2.72. The molecule has 0 saturated carbocycles. The van der Waals surface area contributed by atoms with Gasteiger partial charge < -0.3 is 19.4 Å². The van der Waals surface area contributed by atoms with Crippen LogP contribution in [0.4, 0.5) is 5.69 Å². The van der Waals surface area contributed by atoms with Crippen molar-refractivity contribution in [1.29, 1.82) is 0 Å². The Morgan fingerprint density at radius 2 is 1.70 bits per heavy atom. The number of ether oxygens (including phenoxy) is 1. The van der Waals surface area contributed by atoms with Gasteiger partial charge in [-0.15, -0.1) is 12.4 Å². The summed E-state index contributed by atoms with van der Waals surface area (Å²) in [6.07, 6.45) is 5.79. The number of hydrogen-bond acceptors (Lipinski definition) is 6. The maximum atomic E-state index is 12.8. The van der Waals surface area contributed by atoms with Crippen LogP contribution in [-0.4, -0.2) is 79.6 Å². The van der Waals surface area contributed by atoms with Crippen LogP contribution in [0.2, 0.25) is 0 Å². The molecule has 0 aromatic carbocycles. The average molecular weight is 397 g/mol. The van der Waals surface area contributed by atoms with Gasteiger partial charge in [-0.1, -0.05) is 0 Å². The molecule has 3 heterocycles. The first-order valence-corrected chi connectivity index (χ1v) is 9.40. The summed E-state index contributed by atoms with van der Waals surface area (Å²) in [6.45, 7) is 5.78. The molecular formula is C19H29ClN4O3. The van der Waals surface area contributed by atoms with Gasteiger partial charge in [0.15, 0.2) is 0 Å². The van der Waals surface area contributed by atoms with Crippen molar-refractivity contribution in [2.75, 3.05) is 57.8 Å². The molecule has 2 fully saturated rings. The lowest BCUT2D eigenvalue weighted by molar-refractivity contribution is -0.142. The maximum Gasteiger partial charge on any atom is 0.306 e. The van der Waals surface area contributed by atoms with Crippen molar-refractivity contribution in [3.8, 4) is 0 Å². The molecule has 150 valence electrons. The summed E-state index contributed by atoms with van der Waals surface area (Å²) < 4.78 is 4.69. The third-order valence-corrected chi connectivity index (χ3v) is 5.42. The number of piperazine rings is 1. The number of aromatic nitrogens is 1. The van der Waals surface area contributed by atoms with E-state index in [4.69, 9.17) is 0 Å². The van der Waals surface area contributed by atoms with Gasteiger partial charge in [0.25, 0.3) is 0 Å². The number of amides is 1. The van der Waals surface area contributed by atoms with Gasteiger partial charge in [0.2, 0.25) is 5.91 Å². The summed E-state index contributed by atoms with van der Waals surface area (Å²) in [7, 11) is 1.42. The molecule has 0 radical (unpaired) electrons. The van der Waals surface area contributed by atoms with E-state index in [9.17, 15) is 9.59 Å². The lowest BCUT2D eigenvalue weighted by Gasteiger charge is -2.39. The van der Waals surface area contributed by atoms with E-state index in [0.717, 1.165) is 58.7 Å². The number of nitrogens with zero attached hydrogens (tertiary/aromatic N) is 4. The van der Waals surface area contributed by atoms with E-state index in [1.165, 1.54) is 12.8 Å². The predicted octanol–water partition coefficient (Wildman–Crippen LogP) is 1.43. The van der Waals surface area contributed by atoms with Crippen LogP contribution >= 0.6 is 12.4 Å². The van der Waals surface area contributed by atoms with E-state index in [1.54, 1.807) is 12.4 Å². The van der Waals surface area contributed by atoms with Crippen LogP contribution in [0.5, 0.6) is 0 Å². The highest BCUT2D eigenvalue weighted by atomic mass is 35.5. The SMILES string of the molecule is COC(=O)CCN1CCC(C(=O)N2CCN(c3ccncc3)CC2)CC1.Cl. The summed E-state index contributed by atoms with van der Waals surface area (Å²) in [5.74, 6) is 0.249. The topological polar surface area (TPSA) is 66.0 Å². The van der Waals surface area contributed by atoms with Crippen molar-refractivity contribution in [1.82, 2.24) is 14.8 Å². The fraction of sp³-hybridized carbons (Fsp3) is 0.632. The van der Waals surface area contributed by atoms with E-state index >= 15 is 0 Å². The molecule has 2 aliphatic rings. The van der Waals surface area contributed by atoms with E-state index in [0.29, 0.717) is 12.3 Å². The van der Waals surface area contributed by atoms with Gasteiger partial charge in [0, 0.05) is 56.7 Å². The molecule has 0 atom stereocenters. The van der Waals surface area contributed by atoms with Crippen LogP contribution in [0.25, 0.3) is 0 Å². The number of anilines is 1. The molecule has 0 aliphatic carbocycles. The van der Waals surface area contributed by atoms with Crippen LogP contribution in [0.3, 0.4) is 0 Å². The van der Waals surface area contributed by atoms with E-state index in [2.05, 4.69) is 19.5 Å². The van der Waals surface area contributed by atoms with Gasteiger partial charge in [0.1, 0.15) is 0 Å². The second kappa shape index (κ2) is 10.5. The van der Waals surface area contributed by atoms with Gasteiger partial charge in [-0.3, -0.25) is 14.6 Å². The fourth-order valence-electron chi connectivity index (χ4n) is 3.75. The van der Waals surface area contributed by atoms with Gasteiger partial charge in [-0.25, -0.2) is 0 Å². The first-order valence-electron chi connectivity index (χ1n) is 9.40. The number of rotatable bonds is 5. The number of hydrogen-bond donors (Lipinski definition) is 0. The lowest BCUT2D eigenvalue weighted by Crippen LogP contribution is -2.51. The molecule has 0 spiro atoms. The minimum absolute atomic E-state index is 0. The fourth-order valence-corrected chi connectivity index (χ4v) is 3.75. The molecule has 1 aromatic rings. The Morgan fingerprint density at radius 3 is 2.30 bits per heavy atom. The van der Waals surface area contributed by atoms with Crippen molar-refractivity contribution in [3.63, 3.8) is 0 Å². The normalized spacial score (nSPS) is 18.7. The Bertz CT molecular complexity index is 600. The first-order chi connectivity index (χ1) is 12.7. The third-order valence-electron chi connectivity index (χ3n) is 5.42. The van der Waals surface area contributed by atoms with Gasteiger partial charge >= 0.3 is 5.97 Å². The minimum atomic E-state index is -0.171. The van der Waals surface area contributed by atoms with Gasteiger partial charge in [-0.2, -0.15) is 0 Å². The second-order valence-corrected chi connectivity index (χ2v) is 6.96. The van der Waals surface area contributed by atoms with Crippen molar-refractivity contribution >= 4 is 30.0 Å². The number of pyridine rings is 1. The lowest BCUT2D eigenvalue weighted by atomic mass is 9.95. The van der Waals surface area contributed by atoms with Crippen molar-refractivity contribution in [2.45, 2.75) is 19.3 Å². The summed E-state index contributed by atoms with van der Waals surface area (Å²) in [6, 6.07) is 4.03.